The van der Waals surface area contributed by atoms with Crippen molar-refractivity contribution in [1.29, 1.82) is 0 Å². The quantitative estimate of drug-likeness (QED) is 0.233. The molecule has 10 heteroatoms. The fraction of sp³-hybridized carbons (Fsp3) is 0.643. The lowest BCUT2D eigenvalue weighted by atomic mass is 9.82. The number of ether oxygens (including phenoxy) is 4. The maximum absolute atomic E-state index is 12.4. The number of aliphatic carboxylic acids is 1. The van der Waals surface area contributed by atoms with Crippen LogP contribution in [0.3, 0.4) is 0 Å². The number of benzene rings is 1. The Labute approximate surface area is 225 Å². The molecule has 38 heavy (non-hydrogen) atoms. The van der Waals surface area contributed by atoms with Crippen LogP contribution in [0.15, 0.2) is 18.2 Å². The van der Waals surface area contributed by atoms with Crippen molar-refractivity contribution in [2.24, 2.45) is 29.4 Å². The number of rotatable bonds is 15. The van der Waals surface area contributed by atoms with E-state index in [2.05, 4.69) is 0 Å². The number of carbonyl (C=O) groups is 4. The van der Waals surface area contributed by atoms with Crippen LogP contribution in [0, 0.1) is 23.7 Å². The van der Waals surface area contributed by atoms with Crippen LogP contribution in [0.2, 0.25) is 0 Å². The Bertz CT molecular complexity index is 942. The highest BCUT2D eigenvalue weighted by Gasteiger charge is 2.33. The van der Waals surface area contributed by atoms with Crippen molar-refractivity contribution < 1.29 is 43.2 Å². The molecular formula is C28H43NO9. The third-order valence-corrected chi connectivity index (χ3v) is 5.61. The highest BCUT2D eigenvalue weighted by Crippen LogP contribution is 2.36. The van der Waals surface area contributed by atoms with Crippen molar-refractivity contribution in [2.75, 3.05) is 13.2 Å². The number of nitrogens with two attached hydrogens (primary N) is 1. The molecule has 0 saturated heterocycles. The van der Waals surface area contributed by atoms with Gasteiger partial charge in [0.2, 0.25) is 0 Å². The molecule has 0 radical (unpaired) electrons. The summed E-state index contributed by atoms with van der Waals surface area (Å²) in [5.74, 6) is -3.20. The summed E-state index contributed by atoms with van der Waals surface area (Å²) < 4.78 is 21.2. The molecule has 0 aliphatic rings. The van der Waals surface area contributed by atoms with Crippen LogP contribution in [0.25, 0.3) is 0 Å². The van der Waals surface area contributed by atoms with Gasteiger partial charge in [-0.05, 0) is 47.8 Å². The van der Waals surface area contributed by atoms with Gasteiger partial charge in [-0.1, -0.05) is 54.5 Å². The van der Waals surface area contributed by atoms with Crippen LogP contribution < -0.4 is 15.2 Å². The van der Waals surface area contributed by atoms with Gasteiger partial charge in [0.1, 0.15) is 6.04 Å². The van der Waals surface area contributed by atoms with E-state index < -0.39 is 41.9 Å². The summed E-state index contributed by atoms with van der Waals surface area (Å²) in [6, 6.07) is 3.09. The summed E-state index contributed by atoms with van der Waals surface area (Å²) in [5.41, 5.74) is 6.46. The van der Waals surface area contributed by atoms with E-state index in [4.69, 9.17) is 24.7 Å². The number of hydrogen-bond donors (Lipinski definition) is 2. The van der Waals surface area contributed by atoms with E-state index >= 15 is 0 Å². The molecule has 0 bridgehead atoms. The lowest BCUT2D eigenvalue weighted by Gasteiger charge is -2.28. The molecule has 214 valence electrons. The molecule has 0 aliphatic carbocycles. The highest BCUT2D eigenvalue weighted by molar-refractivity contribution is 5.77. The second-order valence-electron chi connectivity index (χ2n) is 10.8. The molecular weight excluding hydrogens is 494 g/mol. The smallest absolute Gasteiger partial charge is 0.480 e. The van der Waals surface area contributed by atoms with Gasteiger partial charge in [-0.15, -0.1) is 0 Å². The average Bonchev–Trinajstić information content (AvgIpc) is 2.78. The van der Waals surface area contributed by atoms with E-state index in [9.17, 15) is 24.3 Å². The van der Waals surface area contributed by atoms with Gasteiger partial charge in [0.25, 0.3) is 0 Å². The topological polar surface area (TPSA) is 151 Å². The molecule has 0 fully saturated rings. The molecule has 1 aromatic rings. The lowest BCUT2D eigenvalue weighted by molar-refractivity contribution is -0.139. The van der Waals surface area contributed by atoms with Gasteiger partial charge in [-0.3, -0.25) is 14.4 Å². The molecule has 0 aliphatic heterocycles. The summed E-state index contributed by atoms with van der Waals surface area (Å²) >= 11 is 0. The Hall–Kier alpha value is -3.14. The van der Waals surface area contributed by atoms with Crippen LogP contribution >= 0.6 is 0 Å². The molecule has 1 aromatic carbocycles. The normalized spacial score (nSPS) is 13.7. The summed E-state index contributed by atoms with van der Waals surface area (Å²) in [6.07, 6.45) is 0.125. The largest absolute Gasteiger partial charge is 0.508 e. The van der Waals surface area contributed by atoms with Crippen molar-refractivity contribution in [3.63, 3.8) is 0 Å². The van der Waals surface area contributed by atoms with Gasteiger partial charge in [0.15, 0.2) is 11.5 Å². The second-order valence-corrected chi connectivity index (χ2v) is 10.8. The zero-order valence-corrected chi connectivity index (χ0v) is 23.5. The number of carbonyl (C=O) groups excluding carboxylic acids is 3. The van der Waals surface area contributed by atoms with Crippen molar-refractivity contribution in [1.82, 2.24) is 0 Å². The standard InChI is InChI=1S/C28H43NO9/c1-16(2)10-11-35-28(34)36-15-19(7)25(26(29)27(32)33)20-8-9-21(37-23(30)12-17(3)4)22(14-20)38-24(31)13-18(5)6/h8-9,14,16-19,25-26H,10-13,15,29H2,1-7H3,(H,32,33)/t19?,25?,26-/m0/s1. The fourth-order valence-corrected chi connectivity index (χ4v) is 3.66. The molecule has 10 nitrogen and oxygen atoms in total. The van der Waals surface area contributed by atoms with Gasteiger partial charge in [0, 0.05) is 18.8 Å². The lowest BCUT2D eigenvalue weighted by Crippen LogP contribution is -2.40. The number of esters is 2. The van der Waals surface area contributed by atoms with Crippen molar-refractivity contribution >= 4 is 24.1 Å². The number of carboxylic acid groups (broad SMARTS) is 1. The Morgan fingerprint density at radius 1 is 0.816 bits per heavy atom. The Balaban J connectivity index is 3.25. The van der Waals surface area contributed by atoms with E-state index in [-0.39, 0.29) is 49.4 Å². The predicted molar refractivity (Wildman–Crippen MR) is 141 cm³/mol. The Morgan fingerprint density at radius 3 is 1.87 bits per heavy atom. The van der Waals surface area contributed by atoms with Gasteiger partial charge in [-0.2, -0.15) is 0 Å². The maximum Gasteiger partial charge on any atom is 0.508 e. The van der Waals surface area contributed by atoms with Gasteiger partial charge < -0.3 is 29.8 Å². The minimum Gasteiger partial charge on any atom is -0.480 e. The first-order valence-corrected chi connectivity index (χ1v) is 13.0. The first-order chi connectivity index (χ1) is 17.7. The summed E-state index contributed by atoms with van der Waals surface area (Å²) in [4.78, 5) is 48.6. The fourth-order valence-electron chi connectivity index (χ4n) is 3.66. The van der Waals surface area contributed by atoms with Crippen LogP contribution in [0.1, 0.15) is 79.2 Å². The maximum atomic E-state index is 12.4. The van der Waals surface area contributed by atoms with Crippen molar-refractivity contribution in [3.05, 3.63) is 23.8 Å². The van der Waals surface area contributed by atoms with E-state index in [1.807, 2.05) is 41.5 Å². The molecule has 0 saturated carbocycles. The SMILES string of the molecule is CC(C)CCOC(=O)OCC(C)C(c1ccc(OC(=O)CC(C)C)c(OC(=O)CC(C)C)c1)[C@H](N)C(=O)O. The zero-order chi connectivity index (χ0) is 29.0. The minimum atomic E-state index is -1.36. The van der Waals surface area contributed by atoms with E-state index in [1.165, 1.54) is 12.1 Å². The van der Waals surface area contributed by atoms with Gasteiger partial charge in [0.05, 0.1) is 13.2 Å². The van der Waals surface area contributed by atoms with Crippen molar-refractivity contribution in [3.8, 4) is 11.5 Å². The molecule has 2 unspecified atom stereocenters. The molecule has 3 N–H and O–H groups in total. The summed E-state index contributed by atoms with van der Waals surface area (Å²) in [5, 5.41) is 9.67. The molecule has 0 aromatic heterocycles. The van der Waals surface area contributed by atoms with Gasteiger partial charge >= 0.3 is 24.1 Å². The van der Waals surface area contributed by atoms with Gasteiger partial charge in [-0.25, -0.2) is 4.79 Å². The third kappa shape index (κ3) is 11.9. The van der Waals surface area contributed by atoms with Crippen LogP contribution in [-0.4, -0.2) is 48.4 Å². The Kier molecular flexibility index (Phi) is 13.8. The second kappa shape index (κ2) is 16.0. The first-order valence-electron chi connectivity index (χ1n) is 13.0. The van der Waals surface area contributed by atoms with Crippen LogP contribution in [0.4, 0.5) is 4.79 Å². The minimum absolute atomic E-state index is 0.0194. The highest BCUT2D eigenvalue weighted by atomic mass is 16.7. The predicted octanol–water partition coefficient (Wildman–Crippen LogP) is 4.92. The summed E-state index contributed by atoms with van der Waals surface area (Å²) in [7, 11) is 0. The van der Waals surface area contributed by atoms with E-state index in [0.717, 1.165) is 0 Å². The zero-order valence-electron chi connectivity index (χ0n) is 23.5. The summed E-state index contributed by atoms with van der Waals surface area (Å²) in [6.45, 7) is 13.2. The molecule has 0 heterocycles. The van der Waals surface area contributed by atoms with E-state index in [1.54, 1.807) is 13.0 Å². The van der Waals surface area contributed by atoms with Crippen molar-refractivity contribution in [2.45, 2.75) is 79.7 Å². The molecule has 0 amide bonds. The third-order valence-electron chi connectivity index (χ3n) is 5.61. The number of hydrogen-bond acceptors (Lipinski definition) is 9. The average molecular weight is 538 g/mol. The first kappa shape index (κ1) is 32.9. The monoisotopic (exact) mass is 537 g/mol. The van der Waals surface area contributed by atoms with Crippen LogP contribution in [0.5, 0.6) is 11.5 Å². The van der Waals surface area contributed by atoms with Crippen LogP contribution in [-0.2, 0) is 23.9 Å². The number of carboxylic acids is 1. The Morgan fingerprint density at radius 2 is 1.37 bits per heavy atom. The molecule has 1 rings (SSSR count). The van der Waals surface area contributed by atoms with E-state index in [0.29, 0.717) is 17.9 Å². The molecule has 3 atom stereocenters. The molecule has 0 spiro atoms.